The van der Waals surface area contributed by atoms with Gasteiger partial charge in [-0.25, -0.2) is 19.3 Å². The van der Waals surface area contributed by atoms with Gasteiger partial charge in [0, 0.05) is 27.5 Å². The Morgan fingerprint density at radius 1 is 0.319 bits per heavy atom. The SMILES string of the molecule is Fc1cccc(-c2ccc(-c3nc(-c4ccccc4)nc(-c4ccccc4)n3)c(-n3c4cc(-c5ccc(C(F)(F)F)cc5C(F)(F)F)ccc4c4ccc(-c5ccc(C(F)(F)F)cc5C(F)(F)F)cc43)c2)c1. The summed E-state index contributed by atoms with van der Waals surface area (Å²) in [6.07, 6.45) is -20.8. The fraction of sp³-hybridized carbons (Fsp3) is 0.0727. The molecule has 0 fully saturated rings. The summed E-state index contributed by atoms with van der Waals surface area (Å²) < 4.78 is 188. The molecule has 0 aliphatic rings. The Morgan fingerprint density at radius 3 is 1.18 bits per heavy atom. The summed E-state index contributed by atoms with van der Waals surface area (Å²) in [7, 11) is 0. The van der Waals surface area contributed by atoms with Crippen molar-refractivity contribution in [1.82, 2.24) is 19.5 Å². The molecule has 0 aliphatic heterocycles. The lowest BCUT2D eigenvalue weighted by Crippen LogP contribution is -2.12. The number of rotatable bonds is 7. The fourth-order valence-electron chi connectivity index (χ4n) is 8.71. The van der Waals surface area contributed by atoms with Crippen LogP contribution in [0.15, 0.2) is 176 Å². The molecule has 2 aromatic heterocycles. The Morgan fingerprint density at radius 2 is 0.736 bits per heavy atom. The first-order valence-electron chi connectivity index (χ1n) is 21.6. The molecule has 0 atom stereocenters. The van der Waals surface area contributed by atoms with Crippen LogP contribution in [0.25, 0.3) is 95.0 Å². The third-order valence-corrected chi connectivity index (χ3v) is 12.0. The molecule has 0 unspecified atom stereocenters. The van der Waals surface area contributed by atoms with Gasteiger partial charge in [-0.2, -0.15) is 52.7 Å². The zero-order valence-corrected chi connectivity index (χ0v) is 36.4. The summed E-state index contributed by atoms with van der Waals surface area (Å²) in [5.41, 5.74) is -5.69. The van der Waals surface area contributed by atoms with Gasteiger partial charge in [0.1, 0.15) is 5.82 Å². The van der Waals surface area contributed by atoms with Gasteiger partial charge < -0.3 is 4.57 Å². The summed E-state index contributed by atoms with van der Waals surface area (Å²) in [6, 6.07) is 38.2. The number of hydrogen-bond donors (Lipinski definition) is 0. The highest BCUT2D eigenvalue weighted by molar-refractivity contribution is 6.12. The molecule has 8 aromatic carbocycles. The van der Waals surface area contributed by atoms with Crippen LogP contribution in [0.1, 0.15) is 22.3 Å². The standard InChI is InChI=1S/C55H29F13N4/c56-38-13-7-12-32(24-38)33-14-21-43(51-70-49(30-8-3-1-4-9-30)69-50(71-51)31-10-5-2-6-11-31)48(25-33)72-46-26-34(39-22-17-36(52(57,58)59)28-44(39)54(63,64)65)15-19-41(46)42-20-16-35(27-47(42)72)40-23-18-37(53(60,61)62)29-45(40)55(66,67)68/h1-29H. The topological polar surface area (TPSA) is 43.6 Å². The van der Waals surface area contributed by atoms with Gasteiger partial charge in [-0.15, -0.1) is 0 Å². The average molecular weight is 993 g/mol. The minimum Gasteiger partial charge on any atom is -0.308 e. The number of hydrogen-bond acceptors (Lipinski definition) is 3. The Bertz CT molecular complexity index is 3520. The molecule has 72 heavy (non-hydrogen) atoms. The molecule has 10 aromatic rings. The number of benzene rings is 8. The number of alkyl halides is 12. The lowest BCUT2D eigenvalue weighted by Gasteiger charge is -2.18. The van der Waals surface area contributed by atoms with E-state index in [4.69, 9.17) is 15.0 Å². The van der Waals surface area contributed by atoms with Crippen molar-refractivity contribution in [1.29, 1.82) is 0 Å². The molecule has 0 saturated carbocycles. The fourth-order valence-corrected chi connectivity index (χ4v) is 8.71. The van der Waals surface area contributed by atoms with Gasteiger partial charge in [-0.1, -0.05) is 115 Å². The second-order valence-corrected chi connectivity index (χ2v) is 16.6. The Hall–Kier alpha value is -8.34. The predicted octanol–water partition coefficient (Wildman–Crippen LogP) is 17.2. The second-order valence-electron chi connectivity index (χ2n) is 16.6. The molecule has 0 aliphatic carbocycles. The van der Waals surface area contributed by atoms with Crippen LogP contribution in [0.4, 0.5) is 57.1 Å². The minimum absolute atomic E-state index is 0.000359. The van der Waals surface area contributed by atoms with Crippen molar-refractivity contribution in [2.45, 2.75) is 24.7 Å². The lowest BCUT2D eigenvalue weighted by molar-refractivity contribution is -0.144. The van der Waals surface area contributed by atoms with E-state index < -0.39 is 63.9 Å². The molecule has 0 N–H and O–H groups in total. The molecule has 0 bridgehead atoms. The molecule has 0 radical (unpaired) electrons. The van der Waals surface area contributed by atoms with E-state index in [0.717, 1.165) is 0 Å². The van der Waals surface area contributed by atoms with Crippen LogP contribution < -0.4 is 0 Å². The monoisotopic (exact) mass is 992 g/mol. The van der Waals surface area contributed by atoms with E-state index in [-0.39, 0.29) is 73.8 Å². The summed E-state index contributed by atoms with van der Waals surface area (Å²) in [5, 5.41) is 0.578. The Labute approximate surface area is 399 Å². The van der Waals surface area contributed by atoms with E-state index in [1.165, 1.54) is 59.2 Å². The summed E-state index contributed by atoms with van der Waals surface area (Å²) >= 11 is 0. The number of nitrogens with zero attached hydrogens (tertiary/aromatic N) is 4. The van der Waals surface area contributed by atoms with Crippen molar-refractivity contribution >= 4 is 21.8 Å². The summed E-state index contributed by atoms with van der Waals surface area (Å²) in [5.74, 6) is -0.184. The first-order chi connectivity index (χ1) is 34.1. The van der Waals surface area contributed by atoms with Crippen LogP contribution in [0.3, 0.4) is 0 Å². The molecule has 2 heterocycles. The lowest BCUT2D eigenvalue weighted by atomic mass is 9.95. The molecule has 0 saturated heterocycles. The maximum atomic E-state index is 14.9. The van der Waals surface area contributed by atoms with Gasteiger partial charge in [0.05, 0.1) is 39.0 Å². The number of aromatic nitrogens is 4. The van der Waals surface area contributed by atoms with Crippen molar-refractivity contribution in [3.63, 3.8) is 0 Å². The van der Waals surface area contributed by atoms with E-state index in [1.54, 1.807) is 84.9 Å². The molecule has 4 nitrogen and oxygen atoms in total. The maximum Gasteiger partial charge on any atom is 0.417 e. The highest BCUT2D eigenvalue weighted by Gasteiger charge is 2.40. The summed E-state index contributed by atoms with van der Waals surface area (Å²) in [6.45, 7) is 0. The van der Waals surface area contributed by atoms with Gasteiger partial charge >= 0.3 is 24.7 Å². The van der Waals surface area contributed by atoms with Crippen molar-refractivity contribution < 1.29 is 57.1 Å². The van der Waals surface area contributed by atoms with Crippen LogP contribution in [0.5, 0.6) is 0 Å². The third-order valence-electron chi connectivity index (χ3n) is 12.0. The zero-order valence-electron chi connectivity index (χ0n) is 36.4. The minimum atomic E-state index is -5.29. The summed E-state index contributed by atoms with van der Waals surface area (Å²) in [4.78, 5) is 14.5. The van der Waals surface area contributed by atoms with E-state index in [0.29, 0.717) is 46.5 Å². The molecule has 17 heteroatoms. The van der Waals surface area contributed by atoms with Crippen LogP contribution >= 0.6 is 0 Å². The first-order valence-corrected chi connectivity index (χ1v) is 21.6. The van der Waals surface area contributed by atoms with Crippen LogP contribution in [0.2, 0.25) is 0 Å². The van der Waals surface area contributed by atoms with Crippen molar-refractivity contribution in [2.24, 2.45) is 0 Å². The largest absolute Gasteiger partial charge is 0.417 e. The Balaban J connectivity index is 1.33. The smallest absolute Gasteiger partial charge is 0.308 e. The molecule has 10 rings (SSSR count). The van der Waals surface area contributed by atoms with Crippen LogP contribution in [-0.4, -0.2) is 19.5 Å². The Kier molecular flexibility index (Phi) is 11.5. The van der Waals surface area contributed by atoms with Gasteiger partial charge in [-0.3, -0.25) is 0 Å². The highest BCUT2D eigenvalue weighted by atomic mass is 19.4. The number of halogens is 13. The third kappa shape index (κ3) is 9.01. The van der Waals surface area contributed by atoms with Gasteiger partial charge in [-0.05, 0) is 94.0 Å². The average Bonchev–Trinajstić information content (AvgIpc) is 3.68. The molecular weight excluding hydrogens is 964 g/mol. The van der Waals surface area contributed by atoms with Crippen molar-refractivity contribution in [2.75, 3.05) is 0 Å². The van der Waals surface area contributed by atoms with Crippen molar-refractivity contribution in [3.05, 3.63) is 204 Å². The van der Waals surface area contributed by atoms with E-state index >= 15 is 0 Å². The van der Waals surface area contributed by atoms with Gasteiger partial charge in [0.15, 0.2) is 17.5 Å². The zero-order chi connectivity index (χ0) is 50.9. The van der Waals surface area contributed by atoms with Crippen molar-refractivity contribution in [3.8, 4) is 73.2 Å². The molecular formula is C55H29F13N4. The molecule has 360 valence electrons. The van der Waals surface area contributed by atoms with E-state index in [2.05, 4.69) is 0 Å². The van der Waals surface area contributed by atoms with Gasteiger partial charge in [0.25, 0.3) is 0 Å². The molecule has 0 amide bonds. The normalized spacial score (nSPS) is 12.5. The highest BCUT2D eigenvalue weighted by Crippen LogP contribution is 2.46. The predicted molar refractivity (Wildman–Crippen MR) is 247 cm³/mol. The van der Waals surface area contributed by atoms with E-state index in [1.807, 2.05) is 0 Å². The van der Waals surface area contributed by atoms with E-state index in [9.17, 15) is 57.1 Å². The van der Waals surface area contributed by atoms with Gasteiger partial charge in [0.2, 0.25) is 0 Å². The molecule has 0 spiro atoms. The number of fused-ring (bicyclic) bond motifs is 3. The van der Waals surface area contributed by atoms with Crippen LogP contribution in [0, 0.1) is 5.82 Å². The quantitative estimate of drug-likeness (QED) is 0.149. The first kappa shape index (κ1) is 47.3. The second kappa shape index (κ2) is 17.5. The van der Waals surface area contributed by atoms with Crippen LogP contribution in [-0.2, 0) is 24.7 Å². The maximum absolute atomic E-state index is 14.9.